The van der Waals surface area contributed by atoms with Crippen molar-refractivity contribution in [3.8, 4) is 0 Å². The Kier molecular flexibility index (Phi) is 5.42. The van der Waals surface area contributed by atoms with E-state index < -0.39 is 0 Å². The molecule has 4 rings (SSSR count). The molecule has 5 heteroatoms. The van der Waals surface area contributed by atoms with E-state index in [1.807, 2.05) is 64.1 Å². The molecule has 1 aliphatic heterocycles. The van der Waals surface area contributed by atoms with Crippen molar-refractivity contribution < 1.29 is 9.59 Å². The van der Waals surface area contributed by atoms with E-state index in [-0.39, 0.29) is 17.5 Å². The summed E-state index contributed by atoms with van der Waals surface area (Å²) in [6.07, 6.45) is 0. The summed E-state index contributed by atoms with van der Waals surface area (Å²) in [5.74, 6) is -0.724. The summed E-state index contributed by atoms with van der Waals surface area (Å²) in [6.45, 7) is 7.84. The van der Waals surface area contributed by atoms with Crippen molar-refractivity contribution in [1.29, 1.82) is 0 Å². The predicted molar refractivity (Wildman–Crippen MR) is 126 cm³/mol. The fourth-order valence-electron chi connectivity index (χ4n) is 3.73. The van der Waals surface area contributed by atoms with Crippen LogP contribution in [-0.4, -0.2) is 11.8 Å². The van der Waals surface area contributed by atoms with E-state index >= 15 is 0 Å². The van der Waals surface area contributed by atoms with E-state index in [1.54, 1.807) is 24.3 Å². The van der Waals surface area contributed by atoms with E-state index in [4.69, 9.17) is 11.6 Å². The third kappa shape index (κ3) is 3.75. The van der Waals surface area contributed by atoms with Gasteiger partial charge in [0, 0.05) is 10.7 Å². The first-order valence-electron chi connectivity index (χ1n) is 10.1. The van der Waals surface area contributed by atoms with Gasteiger partial charge in [-0.05, 0) is 79.8 Å². The van der Waals surface area contributed by atoms with Crippen molar-refractivity contribution in [3.05, 3.63) is 99.2 Å². The number of carbonyl (C=O) groups is 2. The number of rotatable bonds is 4. The summed E-state index contributed by atoms with van der Waals surface area (Å²) in [7, 11) is 0. The zero-order valence-electron chi connectivity index (χ0n) is 17.9. The van der Waals surface area contributed by atoms with Crippen molar-refractivity contribution in [2.24, 2.45) is 0 Å². The van der Waals surface area contributed by atoms with Crippen molar-refractivity contribution in [3.63, 3.8) is 0 Å². The normalized spacial score (nSPS) is 13.9. The number of imide groups is 1. The highest BCUT2D eigenvalue weighted by atomic mass is 35.5. The van der Waals surface area contributed by atoms with Gasteiger partial charge in [0.1, 0.15) is 5.70 Å². The molecule has 0 bridgehead atoms. The molecule has 0 fully saturated rings. The minimum absolute atomic E-state index is 0.266. The van der Waals surface area contributed by atoms with Crippen molar-refractivity contribution in [2.75, 3.05) is 10.2 Å². The molecule has 156 valence electrons. The molecule has 0 saturated carbocycles. The zero-order chi connectivity index (χ0) is 22.3. The molecule has 2 amide bonds. The predicted octanol–water partition coefficient (Wildman–Crippen LogP) is 5.97. The Labute approximate surface area is 187 Å². The van der Waals surface area contributed by atoms with E-state index in [2.05, 4.69) is 5.32 Å². The molecule has 0 unspecified atom stereocenters. The fraction of sp³-hybridized carbons (Fsp3) is 0.154. The minimum Gasteiger partial charge on any atom is -0.350 e. The minimum atomic E-state index is -0.371. The SMILES string of the molecule is Cc1ccc(C)c(N2C(=O)C(Nc3cccc(C)c3C)=C(c3ccc(Cl)cc3)C2=O)c1. The number of benzene rings is 3. The molecule has 0 atom stereocenters. The summed E-state index contributed by atoms with van der Waals surface area (Å²) in [4.78, 5) is 28.4. The molecule has 3 aromatic carbocycles. The molecule has 1 N–H and O–H groups in total. The molecular formula is C26H23ClN2O2. The van der Waals surface area contributed by atoms with E-state index in [9.17, 15) is 9.59 Å². The Morgan fingerprint density at radius 3 is 2.23 bits per heavy atom. The number of nitrogens with one attached hydrogen (secondary N) is 1. The monoisotopic (exact) mass is 430 g/mol. The van der Waals surface area contributed by atoms with Crippen LogP contribution in [0.1, 0.15) is 27.8 Å². The summed E-state index contributed by atoms with van der Waals surface area (Å²) in [5, 5.41) is 3.83. The smallest absolute Gasteiger partial charge is 0.282 e. The lowest BCUT2D eigenvalue weighted by Gasteiger charge is -2.19. The molecule has 1 heterocycles. The van der Waals surface area contributed by atoms with Gasteiger partial charge >= 0.3 is 0 Å². The Bertz CT molecular complexity index is 1240. The van der Waals surface area contributed by atoms with Gasteiger partial charge in [-0.15, -0.1) is 0 Å². The van der Waals surface area contributed by atoms with Crippen molar-refractivity contribution in [1.82, 2.24) is 0 Å². The van der Waals surface area contributed by atoms with Gasteiger partial charge in [0.05, 0.1) is 11.3 Å². The number of hydrogen-bond acceptors (Lipinski definition) is 3. The van der Waals surface area contributed by atoms with Crippen LogP contribution in [0.15, 0.2) is 66.4 Å². The molecule has 0 saturated heterocycles. The molecular weight excluding hydrogens is 408 g/mol. The van der Waals surface area contributed by atoms with Crippen LogP contribution in [0.2, 0.25) is 5.02 Å². The first-order valence-corrected chi connectivity index (χ1v) is 10.4. The first-order chi connectivity index (χ1) is 14.8. The van der Waals surface area contributed by atoms with E-state index in [1.165, 1.54) is 4.90 Å². The molecule has 0 aliphatic carbocycles. The Morgan fingerprint density at radius 2 is 1.52 bits per heavy atom. The second kappa shape index (κ2) is 8.05. The second-order valence-electron chi connectivity index (χ2n) is 7.87. The fourth-order valence-corrected chi connectivity index (χ4v) is 3.86. The van der Waals surface area contributed by atoms with Gasteiger partial charge < -0.3 is 5.32 Å². The highest BCUT2D eigenvalue weighted by Crippen LogP contribution is 2.36. The Balaban J connectivity index is 1.88. The van der Waals surface area contributed by atoms with Gasteiger partial charge in [-0.25, -0.2) is 4.90 Å². The topological polar surface area (TPSA) is 49.4 Å². The van der Waals surface area contributed by atoms with Crippen molar-refractivity contribution >= 4 is 40.4 Å². The third-order valence-electron chi connectivity index (χ3n) is 5.69. The highest BCUT2D eigenvalue weighted by molar-refractivity contribution is 6.46. The maximum absolute atomic E-state index is 13.6. The third-order valence-corrected chi connectivity index (χ3v) is 5.94. The van der Waals surface area contributed by atoms with Crippen LogP contribution < -0.4 is 10.2 Å². The molecule has 0 spiro atoms. The number of aryl methyl sites for hydroxylation is 3. The number of nitrogens with zero attached hydrogens (tertiary/aromatic N) is 1. The quantitative estimate of drug-likeness (QED) is 0.518. The van der Waals surface area contributed by atoms with Gasteiger partial charge in [-0.3, -0.25) is 9.59 Å². The maximum atomic E-state index is 13.6. The summed E-state index contributed by atoms with van der Waals surface area (Å²) in [5.41, 5.74) is 6.59. The molecule has 4 nitrogen and oxygen atoms in total. The van der Waals surface area contributed by atoms with Crippen LogP contribution >= 0.6 is 11.6 Å². The molecule has 0 radical (unpaired) electrons. The van der Waals surface area contributed by atoms with Crippen LogP contribution in [0, 0.1) is 27.7 Å². The highest BCUT2D eigenvalue weighted by Gasteiger charge is 2.41. The largest absolute Gasteiger partial charge is 0.350 e. The molecule has 1 aliphatic rings. The number of hydrogen-bond donors (Lipinski definition) is 1. The van der Waals surface area contributed by atoms with Crippen LogP contribution in [0.25, 0.3) is 5.57 Å². The number of anilines is 2. The average Bonchev–Trinajstić information content (AvgIpc) is 2.98. The first kappa shape index (κ1) is 20.9. The van der Waals surface area contributed by atoms with Gasteiger partial charge in [-0.2, -0.15) is 0 Å². The summed E-state index contributed by atoms with van der Waals surface area (Å²) < 4.78 is 0. The Morgan fingerprint density at radius 1 is 0.806 bits per heavy atom. The van der Waals surface area contributed by atoms with Gasteiger partial charge in [0.2, 0.25) is 0 Å². The lowest BCUT2D eigenvalue weighted by molar-refractivity contribution is -0.120. The van der Waals surface area contributed by atoms with Crippen molar-refractivity contribution in [2.45, 2.75) is 27.7 Å². The maximum Gasteiger partial charge on any atom is 0.282 e. The van der Waals surface area contributed by atoms with Crippen LogP contribution in [0.4, 0.5) is 11.4 Å². The standard InChI is InChI=1S/C26H23ClN2O2/c1-15-8-9-17(3)22(14-15)29-25(30)23(19-10-12-20(27)13-11-19)24(26(29)31)28-21-7-5-6-16(2)18(21)4/h5-14,28H,1-4H3. The lowest BCUT2D eigenvalue weighted by Crippen LogP contribution is -2.33. The number of halogens is 1. The number of carbonyl (C=O) groups excluding carboxylic acids is 2. The second-order valence-corrected chi connectivity index (χ2v) is 8.30. The lowest BCUT2D eigenvalue weighted by atomic mass is 10.0. The molecule has 31 heavy (non-hydrogen) atoms. The molecule has 0 aromatic heterocycles. The van der Waals surface area contributed by atoms with Crippen LogP contribution in [0.3, 0.4) is 0 Å². The molecule has 3 aromatic rings. The van der Waals surface area contributed by atoms with E-state index in [0.29, 0.717) is 21.8 Å². The van der Waals surface area contributed by atoms with Gasteiger partial charge in [0.25, 0.3) is 11.8 Å². The zero-order valence-corrected chi connectivity index (χ0v) is 18.7. The summed E-state index contributed by atoms with van der Waals surface area (Å²) >= 11 is 6.06. The number of amides is 2. The van der Waals surface area contributed by atoms with Crippen LogP contribution in [-0.2, 0) is 9.59 Å². The van der Waals surface area contributed by atoms with Gasteiger partial charge in [-0.1, -0.05) is 48.0 Å². The van der Waals surface area contributed by atoms with Gasteiger partial charge in [0.15, 0.2) is 0 Å². The summed E-state index contributed by atoms with van der Waals surface area (Å²) in [6, 6.07) is 18.6. The average molecular weight is 431 g/mol. The Hall–Kier alpha value is -3.37. The van der Waals surface area contributed by atoms with E-state index in [0.717, 1.165) is 27.9 Å². The van der Waals surface area contributed by atoms with Crippen LogP contribution in [0.5, 0.6) is 0 Å².